The highest BCUT2D eigenvalue weighted by atomic mass is 32.2. The summed E-state index contributed by atoms with van der Waals surface area (Å²) in [5.41, 5.74) is 0.320. The van der Waals surface area contributed by atoms with Crippen molar-refractivity contribution in [1.82, 2.24) is 10.6 Å². The predicted octanol–water partition coefficient (Wildman–Crippen LogP) is 2.44. The van der Waals surface area contributed by atoms with Gasteiger partial charge in [0.25, 0.3) is 5.91 Å². The van der Waals surface area contributed by atoms with E-state index in [1.807, 2.05) is 45.9 Å². The highest BCUT2D eigenvalue weighted by Crippen LogP contribution is 2.21. The molecule has 0 aromatic heterocycles. The van der Waals surface area contributed by atoms with E-state index in [1.165, 1.54) is 0 Å². The smallest absolute Gasteiger partial charge is 0.252 e. The van der Waals surface area contributed by atoms with Gasteiger partial charge in [0.15, 0.2) is 0 Å². The molecule has 2 amide bonds. The van der Waals surface area contributed by atoms with Crippen LogP contribution in [0.5, 0.6) is 0 Å². The second-order valence-electron chi connectivity index (χ2n) is 5.41. The second kappa shape index (κ2) is 7.33. The minimum absolute atomic E-state index is 0.0127. The molecular weight excluding hydrogens is 272 g/mol. The van der Waals surface area contributed by atoms with Crippen molar-refractivity contribution in [2.24, 2.45) is 0 Å². The number of hydrogen-bond acceptors (Lipinski definition) is 3. The number of nitrogens with one attached hydrogen (secondary N) is 2. The van der Waals surface area contributed by atoms with Gasteiger partial charge in [-0.15, -0.1) is 11.8 Å². The van der Waals surface area contributed by atoms with Crippen LogP contribution in [0.4, 0.5) is 0 Å². The zero-order valence-corrected chi connectivity index (χ0v) is 13.3. The van der Waals surface area contributed by atoms with Crippen LogP contribution in [-0.2, 0) is 4.79 Å². The molecule has 0 saturated heterocycles. The van der Waals surface area contributed by atoms with E-state index >= 15 is 0 Å². The molecule has 1 aromatic rings. The first kappa shape index (κ1) is 16.6. The number of benzene rings is 1. The van der Waals surface area contributed by atoms with Crippen molar-refractivity contribution >= 4 is 23.6 Å². The Balaban J connectivity index is 2.61. The van der Waals surface area contributed by atoms with E-state index in [-0.39, 0.29) is 23.9 Å². The third-order valence-electron chi connectivity index (χ3n) is 2.36. The molecule has 0 spiro atoms. The molecule has 1 aromatic carbocycles. The van der Waals surface area contributed by atoms with Crippen LogP contribution in [0.2, 0.25) is 0 Å². The highest BCUT2D eigenvalue weighted by Gasteiger charge is 2.15. The third-order valence-corrected chi connectivity index (χ3v) is 3.31. The molecule has 0 atom stereocenters. The maximum absolute atomic E-state index is 12.1. The fourth-order valence-electron chi connectivity index (χ4n) is 1.65. The largest absolute Gasteiger partial charge is 0.350 e. The number of hydrogen-bond donors (Lipinski definition) is 2. The lowest BCUT2D eigenvalue weighted by atomic mass is 10.1. The van der Waals surface area contributed by atoms with Gasteiger partial charge in [0.2, 0.25) is 5.91 Å². The van der Waals surface area contributed by atoms with E-state index in [1.54, 1.807) is 17.8 Å². The Morgan fingerprint density at radius 3 is 2.45 bits per heavy atom. The van der Waals surface area contributed by atoms with Gasteiger partial charge in [-0.25, -0.2) is 0 Å². The summed E-state index contributed by atoms with van der Waals surface area (Å²) in [5, 5.41) is 5.46. The summed E-state index contributed by atoms with van der Waals surface area (Å²) in [4.78, 5) is 24.7. The van der Waals surface area contributed by atoms with Crippen LogP contribution >= 0.6 is 11.8 Å². The molecule has 0 radical (unpaired) electrons. The van der Waals surface area contributed by atoms with Crippen LogP contribution < -0.4 is 10.6 Å². The summed E-state index contributed by atoms with van der Waals surface area (Å²) in [6.07, 6.45) is 0. The van der Waals surface area contributed by atoms with Crippen LogP contribution in [0.25, 0.3) is 0 Å². The zero-order chi connectivity index (χ0) is 15.2. The van der Waals surface area contributed by atoms with Crippen LogP contribution in [0.15, 0.2) is 29.2 Å². The maximum atomic E-state index is 12.1. The lowest BCUT2D eigenvalue weighted by molar-refractivity contribution is -0.121. The number of carbonyl (C=O) groups excluding carboxylic acids is 2. The Bertz CT molecular complexity index is 481. The molecule has 0 aliphatic carbocycles. The van der Waals surface area contributed by atoms with Crippen LogP contribution in [0.1, 0.15) is 38.1 Å². The Hall–Kier alpha value is -1.49. The lowest BCUT2D eigenvalue weighted by Crippen LogP contribution is -2.45. The molecule has 110 valence electrons. The van der Waals surface area contributed by atoms with Gasteiger partial charge in [-0.1, -0.05) is 19.1 Å². The van der Waals surface area contributed by atoms with Crippen LogP contribution in [0, 0.1) is 0 Å². The monoisotopic (exact) mass is 294 g/mol. The number of amides is 2. The van der Waals surface area contributed by atoms with E-state index < -0.39 is 0 Å². The molecule has 20 heavy (non-hydrogen) atoms. The molecule has 1 rings (SSSR count). The molecule has 0 aliphatic heterocycles. The van der Waals surface area contributed by atoms with E-state index in [4.69, 9.17) is 0 Å². The summed E-state index contributed by atoms with van der Waals surface area (Å²) < 4.78 is 0. The summed E-state index contributed by atoms with van der Waals surface area (Å²) >= 11 is 1.61. The van der Waals surface area contributed by atoms with Crippen LogP contribution in [-0.4, -0.2) is 29.7 Å². The quantitative estimate of drug-likeness (QED) is 0.820. The van der Waals surface area contributed by atoms with Gasteiger partial charge < -0.3 is 10.6 Å². The van der Waals surface area contributed by atoms with Crippen molar-refractivity contribution in [3.63, 3.8) is 0 Å². The Labute approximate surface area is 124 Å². The summed E-state index contributed by atoms with van der Waals surface area (Å²) in [5.74, 6) is 0.492. The molecule has 0 fully saturated rings. The molecule has 0 aliphatic rings. The van der Waals surface area contributed by atoms with E-state index in [0.29, 0.717) is 5.56 Å². The Morgan fingerprint density at radius 1 is 1.20 bits per heavy atom. The van der Waals surface area contributed by atoms with E-state index in [9.17, 15) is 9.59 Å². The minimum Gasteiger partial charge on any atom is -0.350 e. The number of thioether (sulfide) groups is 1. The molecule has 0 unspecified atom stereocenters. The topological polar surface area (TPSA) is 58.2 Å². The third kappa shape index (κ3) is 5.65. The van der Waals surface area contributed by atoms with E-state index in [2.05, 4.69) is 10.6 Å². The SMILES string of the molecule is CCSc1ccccc1C(=O)NCC(=O)NC(C)(C)C. The average Bonchev–Trinajstić information content (AvgIpc) is 2.35. The molecule has 0 saturated carbocycles. The van der Waals surface area contributed by atoms with Crippen molar-refractivity contribution in [3.05, 3.63) is 29.8 Å². The average molecular weight is 294 g/mol. The first-order valence-corrected chi connectivity index (χ1v) is 7.63. The summed E-state index contributed by atoms with van der Waals surface area (Å²) in [6, 6.07) is 7.41. The van der Waals surface area contributed by atoms with Gasteiger partial charge in [-0.05, 0) is 38.7 Å². The normalized spacial score (nSPS) is 11.0. The fraction of sp³-hybridized carbons (Fsp3) is 0.467. The fourth-order valence-corrected chi connectivity index (χ4v) is 2.46. The summed E-state index contributed by atoms with van der Waals surface area (Å²) in [6.45, 7) is 7.73. The van der Waals surface area contributed by atoms with Gasteiger partial charge in [-0.2, -0.15) is 0 Å². The molecule has 0 heterocycles. The van der Waals surface area contributed by atoms with Gasteiger partial charge in [-0.3, -0.25) is 9.59 Å². The minimum atomic E-state index is -0.294. The molecule has 4 nitrogen and oxygen atoms in total. The van der Waals surface area contributed by atoms with Crippen molar-refractivity contribution < 1.29 is 9.59 Å². The summed E-state index contributed by atoms with van der Waals surface area (Å²) in [7, 11) is 0. The molecule has 0 bridgehead atoms. The van der Waals surface area contributed by atoms with Crippen molar-refractivity contribution in [2.75, 3.05) is 12.3 Å². The lowest BCUT2D eigenvalue weighted by Gasteiger charge is -2.20. The van der Waals surface area contributed by atoms with Crippen molar-refractivity contribution in [3.8, 4) is 0 Å². The number of rotatable bonds is 5. The predicted molar refractivity (Wildman–Crippen MR) is 83.1 cm³/mol. The Morgan fingerprint density at radius 2 is 1.85 bits per heavy atom. The van der Waals surface area contributed by atoms with Crippen LogP contribution in [0.3, 0.4) is 0 Å². The zero-order valence-electron chi connectivity index (χ0n) is 12.4. The Kier molecular flexibility index (Phi) is 6.07. The standard InChI is InChI=1S/C15H22N2O2S/c1-5-20-12-9-7-6-8-11(12)14(19)16-10-13(18)17-15(2,3)4/h6-9H,5,10H2,1-4H3,(H,16,19)(H,17,18). The second-order valence-corrected chi connectivity index (χ2v) is 6.72. The molecule has 5 heteroatoms. The van der Waals surface area contributed by atoms with Crippen molar-refractivity contribution in [2.45, 2.75) is 38.1 Å². The number of carbonyl (C=O) groups is 2. The molecule has 2 N–H and O–H groups in total. The maximum Gasteiger partial charge on any atom is 0.252 e. The van der Waals surface area contributed by atoms with Gasteiger partial charge in [0.05, 0.1) is 12.1 Å². The first-order chi connectivity index (χ1) is 9.33. The van der Waals surface area contributed by atoms with Gasteiger partial charge in [0, 0.05) is 10.4 Å². The molecular formula is C15H22N2O2S. The van der Waals surface area contributed by atoms with Gasteiger partial charge >= 0.3 is 0 Å². The van der Waals surface area contributed by atoms with E-state index in [0.717, 1.165) is 10.6 Å². The first-order valence-electron chi connectivity index (χ1n) is 6.64. The van der Waals surface area contributed by atoms with Gasteiger partial charge in [0.1, 0.15) is 0 Å². The van der Waals surface area contributed by atoms with Crippen molar-refractivity contribution in [1.29, 1.82) is 0 Å². The highest BCUT2D eigenvalue weighted by molar-refractivity contribution is 7.99.